The Morgan fingerprint density at radius 1 is 1.29 bits per heavy atom. The Kier molecular flexibility index (Phi) is 3.53. The maximum absolute atomic E-state index is 12.2. The second-order valence-corrected chi connectivity index (χ2v) is 5.29. The van der Waals surface area contributed by atoms with Gasteiger partial charge in [0.15, 0.2) is 0 Å². The molecule has 0 aliphatic carbocycles. The van der Waals surface area contributed by atoms with Crippen LogP contribution in [0, 0.1) is 6.92 Å². The third-order valence-electron chi connectivity index (χ3n) is 2.92. The van der Waals surface area contributed by atoms with Gasteiger partial charge in [0, 0.05) is 11.9 Å². The van der Waals surface area contributed by atoms with Crippen molar-refractivity contribution in [2.75, 3.05) is 5.32 Å². The van der Waals surface area contributed by atoms with E-state index in [9.17, 15) is 4.79 Å². The molecule has 106 valence electrons. The van der Waals surface area contributed by atoms with Gasteiger partial charge in [-0.3, -0.25) is 4.79 Å². The van der Waals surface area contributed by atoms with Crippen molar-refractivity contribution in [2.45, 2.75) is 6.92 Å². The summed E-state index contributed by atoms with van der Waals surface area (Å²) >= 11 is 11.7. The minimum absolute atomic E-state index is 0.212. The summed E-state index contributed by atoms with van der Waals surface area (Å²) in [5.41, 5.74) is 2.61. The number of anilines is 1. The Morgan fingerprint density at radius 2 is 2.10 bits per heavy atom. The number of imidazole rings is 1. The third-order valence-corrected chi connectivity index (χ3v) is 3.43. The molecular formula is C14H10Cl2N4O. The van der Waals surface area contributed by atoms with E-state index in [1.54, 1.807) is 6.07 Å². The van der Waals surface area contributed by atoms with Crippen molar-refractivity contribution in [3.63, 3.8) is 0 Å². The zero-order valence-corrected chi connectivity index (χ0v) is 12.5. The molecule has 1 amide bonds. The molecule has 3 rings (SSSR count). The lowest BCUT2D eigenvalue weighted by molar-refractivity contribution is 0.102. The number of hydrogen-bond donors (Lipinski definition) is 2. The number of benzene rings is 1. The summed E-state index contributed by atoms with van der Waals surface area (Å²) in [6, 6.07) is 6.84. The number of rotatable bonds is 2. The Labute approximate surface area is 130 Å². The molecule has 2 heterocycles. The van der Waals surface area contributed by atoms with E-state index < -0.39 is 0 Å². The van der Waals surface area contributed by atoms with Crippen molar-refractivity contribution in [2.24, 2.45) is 0 Å². The Hall–Kier alpha value is -2.11. The second-order valence-electron chi connectivity index (χ2n) is 4.50. The van der Waals surface area contributed by atoms with Gasteiger partial charge >= 0.3 is 0 Å². The molecule has 21 heavy (non-hydrogen) atoms. The average Bonchev–Trinajstić information content (AvgIpc) is 2.80. The van der Waals surface area contributed by atoms with E-state index in [1.165, 1.54) is 12.3 Å². The predicted molar refractivity (Wildman–Crippen MR) is 83.0 cm³/mol. The Morgan fingerprint density at radius 3 is 2.90 bits per heavy atom. The highest BCUT2D eigenvalue weighted by Crippen LogP contribution is 2.21. The van der Waals surface area contributed by atoms with Gasteiger partial charge in [-0.15, -0.1) is 0 Å². The van der Waals surface area contributed by atoms with E-state index in [-0.39, 0.29) is 21.6 Å². The lowest BCUT2D eigenvalue weighted by atomic mass is 10.2. The number of nitrogens with one attached hydrogen (secondary N) is 2. The standard InChI is InChI=1S/C14H10Cl2N4O/c1-7-18-11-3-2-8(4-12(11)19-7)20-14(21)9-5-13(16)17-6-10(9)15/h2-6H,1H3,(H,18,19)(H,20,21). The maximum atomic E-state index is 12.2. The molecule has 0 saturated carbocycles. The average molecular weight is 321 g/mol. The van der Waals surface area contributed by atoms with Crippen molar-refractivity contribution in [1.82, 2.24) is 15.0 Å². The van der Waals surface area contributed by atoms with Crippen LogP contribution in [0.2, 0.25) is 10.2 Å². The monoisotopic (exact) mass is 320 g/mol. The van der Waals surface area contributed by atoms with Gasteiger partial charge in [0.2, 0.25) is 0 Å². The molecule has 0 bridgehead atoms. The highest BCUT2D eigenvalue weighted by molar-refractivity contribution is 6.35. The zero-order chi connectivity index (χ0) is 15.0. The number of carbonyl (C=O) groups excluding carboxylic acids is 1. The second kappa shape index (κ2) is 5.35. The lowest BCUT2D eigenvalue weighted by Crippen LogP contribution is -2.12. The lowest BCUT2D eigenvalue weighted by Gasteiger charge is -2.07. The van der Waals surface area contributed by atoms with Gasteiger partial charge in [-0.2, -0.15) is 0 Å². The number of pyridine rings is 1. The van der Waals surface area contributed by atoms with Crippen molar-refractivity contribution >= 4 is 45.8 Å². The molecule has 1 aromatic carbocycles. The van der Waals surface area contributed by atoms with Crippen LogP contribution in [0.15, 0.2) is 30.5 Å². The van der Waals surface area contributed by atoms with Crippen LogP contribution in [-0.2, 0) is 0 Å². The molecule has 2 N–H and O–H groups in total. The first kappa shape index (κ1) is 13.9. The first-order valence-corrected chi connectivity index (χ1v) is 6.87. The number of halogens is 2. The van der Waals surface area contributed by atoms with Crippen LogP contribution in [0.5, 0.6) is 0 Å². The molecule has 0 spiro atoms. The van der Waals surface area contributed by atoms with E-state index in [0.29, 0.717) is 5.69 Å². The highest BCUT2D eigenvalue weighted by Gasteiger charge is 2.12. The molecule has 0 aliphatic rings. The molecule has 0 unspecified atom stereocenters. The van der Waals surface area contributed by atoms with E-state index in [2.05, 4.69) is 20.3 Å². The fourth-order valence-corrected chi connectivity index (χ4v) is 2.35. The first-order valence-electron chi connectivity index (χ1n) is 6.12. The van der Waals surface area contributed by atoms with Gasteiger partial charge in [-0.05, 0) is 31.2 Å². The quantitative estimate of drug-likeness (QED) is 0.705. The van der Waals surface area contributed by atoms with Crippen LogP contribution in [0.25, 0.3) is 11.0 Å². The van der Waals surface area contributed by atoms with Crippen molar-refractivity contribution in [3.05, 3.63) is 52.0 Å². The number of aromatic amines is 1. The summed E-state index contributed by atoms with van der Waals surface area (Å²) < 4.78 is 0. The SMILES string of the molecule is Cc1nc2ccc(NC(=O)c3cc(Cl)ncc3Cl)cc2[nH]1. The molecule has 0 radical (unpaired) electrons. The fourth-order valence-electron chi connectivity index (χ4n) is 2.00. The summed E-state index contributed by atoms with van der Waals surface area (Å²) in [5.74, 6) is 0.470. The number of H-pyrrole nitrogens is 1. The molecule has 2 aromatic heterocycles. The van der Waals surface area contributed by atoms with E-state index in [1.807, 2.05) is 19.1 Å². The van der Waals surface area contributed by atoms with Crippen LogP contribution >= 0.6 is 23.2 Å². The van der Waals surface area contributed by atoms with Crippen molar-refractivity contribution in [1.29, 1.82) is 0 Å². The van der Waals surface area contributed by atoms with E-state index >= 15 is 0 Å². The molecule has 0 fully saturated rings. The van der Waals surface area contributed by atoms with Crippen LogP contribution < -0.4 is 5.32 Å². The molecule has 0 atom stereocenters. The van der Waals surface area contributed by atoms with Gasteiger partial charge < -0.3 is 10.3 Å². The number of hydrogen-bond acceptors (Lipinski definition) is 3. The summed E-state index contributed by atoms with van der Waals surface area (Å²) in [4.78, 5) is 23.4. The summed E-state index contributed by atoms with van der Waals surface area (Å²) in [6.45, 7) is 1.87. The van der Waals surface area contributed by atoms with Crippen LogP contribution in [-0.4, -0.2) is 20.9 Å². The van der Waals surface area contributed by atoms with Gasteiger partial charge in [-0.1, -0.05) is 23.2 Å². The van der Waals surface area contributed by atoms with Gasteiger partial charge in [-0.25, -0.2) is 9.97 Å². The summed E-state index contributed by atoms with van der Waals surface area (Å²) in [5, 5.41) is 3.23. The van der Waals surface area contributed by atoms with E-state index in [0.717, 1.165) is 16.9 Å². The van der Waals surface area contributed by atoms with Crippen molar-refractivity contribution in [3.8, 4) is 0 Å². The molecule has 0 saturated heterocycles. The largest absolute Gasteiger partial charge is 0.342 e. The number of carbonyl (C=O) groups is 1. The van der Waals surface area contributed by atoms with Gasteiger partial charge in [0.25, 0.3) is 5.91 Å². The van der Waals surface area contributed by atoms with Crippen molar-refractivity contribution < 1.29 is 4.79 Å². The van der Waals surface area contributed by atoms with Gasteiger partial charge in [0.1, 0.15) is 11.0 Å². The summed E-state index contributed by atoms with van der Waals surface area (Å²) in [6.07, 6.45) is 1.35. The predicted octanol–water partition coefficient (Wildman–Crippen LogP) is 3.83. The number of amides is 1. The Bertz CT molecular complexity index is 844. The minimum Gasteiger partial charge on any atom is -0.342 e. The number of fused-ring (bicyclic) bond motifs is 1. The molecule has 3 aromatic rings. The first-order chi connectivity index (χ1) is 10.0. The van der Waals surface area contributed by atoms with Crippen LogP contribution in [0.3, 0.4) is 0 Å². The Balaban J connectivity index is 1.90. The minimum atomic E-state index is -0.347. The summed E-state index contributed by atoms with van der Waals surface area (Å²) in [7, 11) is 0. The zero-order valence-electron chi connectivity index (χ0n) is 10.9. The molecular weight excluding hydrogens is 311 g/mol. The topological polar surface area (TPSA) is 70.7 Å². The number of nitrogens with zero attached hydrogens (tertiary/aromatic N) is 2. The van der Waals surface area contributed by atoms with Crippen LogP contribution in [0.4, 0.5) is 5.69 Å². The number of aromatic nitrogens is 3. The molecule has 0 aliphatic heterocycles. The fraction of sp³-hybridized carbons (Fsp3) is 0.0714. The van der Waals surface area contributed by atoms with E-state index in [4.69, 9.17) is 23.2 Å². The normalized spacial score (nSPS) is 10.8. The third kappa shape index (κ3) is 2.84. The highest BCUT2D eigenvalue weighted by atomic mass is 35.5. The molecule has 7 heteroatoms. The number of aryl methyl sites for hydroxylation is 1. The maximum Gasteiger partial charge on any atom is 0.257 e. The van der Waals surface area contributed by atoms with Crippen LogP contribution in [0.1, 0.15) is 16.2 Å². The smallest absolute Gasteiger partial charge is 0.257 e. The van der Waals surface area contributed by atoms with Gasteiger partial charge in [0.05, 0.1) is 21.6 Å². The molecule has 5 nitrogen and oxygen atoms in total.